The van der Waals surface area contributed by atoms with E-state index in [1.54, 1.807) is 67.5 Å². The lowest BCUT2D eigenvalue weighted by atomic mass is 9.94. The van der Waals surface area contributed by atoms with E-state index in [1.165, 1.54) is 7.11 Å². The fraction of sp³-hybridized carbons (Fsp3) is 0.370. The summed E-state index contributed by atoms with van der Waals surface area (Å²) in [5.41, 5.74) is 2.70. The van der Waals surface area contributed by atoms with E-state index in [1.807, 2.05) is 6.92 Å². The Hall–Kier alpha value is -3.85. The topological polar surface area (TPSA) is 106 Å². The zero-order chi connectivity index (χ0) is 26.1. The first kappa shape index (κ1) is 26.7. The Labute approximate surface area is 211 Å². The van der Waals surface area contributed by atoms with E-state index in [0.717, 1.165) is 12.8 Å². The van der Waals surface area contributed by atoms with Crippen LogP contribution in [-0.4, -0.2) is 56.8 Å². The molecule has 2 N–H and O–H groups in total. The van der Waals surface area contributed by atoms with Gasteiger partial charge >= 0.3 is 12.0 Å². The molecule has 192 valence electrons. The van der Waals surface area contributed by atoms with Crippen LogP contribution in [0, 0.1) is 0 Å². The van der Waals surface area contributed by atoms with Gasteiger partial charge in [-0.3, -0.25) is 9.69 Å². The van der Waals surface area contributed by atoms with Gasteiger partial charge in [0.05, 0.1) is 25.3 Å². The smallest absolute Gasteiger partial charge is 0.338 e. The summed E-state index contributed by atoms with van der Waals surface area (Å²) in [4.78, 5) is 40.1. The molecule has 1 aliphatic heterocycles. The summed E-state index contributed by atoms with van der Waals surface area (Å²) >= 11 is 0. The number of carbonyl (C=O) groups excluding carboxylic acids is 3. The van der Waals surface area contributed by atoms with E-state index < -0.39 is 12.0 Å². The van der Waals surface area contributed by atoms with Crippen molar-refractivity contribution in [2.24, 2.45) is 0 Å². The molecule has 9 heteroatoms. The second kappa shape index (κ2) is 12.7. The fourth-order valence-corrected chi connectivity index (χ4v) is 3.88. The number of ether oxygens (including phenoxy) is 3. The van der Waals surface area contributed by atoms with Gasteiger partial charge in [-0.1, -0.05) is 25.5 Å². The highest BCUT2D eigenvalue weighted by Gasteiger charge is 2.36. The molecule has 0 fully saturated rings. The molecule has 0 aromatic heterocycles. The van der Waals surface area contributed by atoms with Gasteiger partial charge in [-0.25, -0.2) is 9.59 Å². The van der Waals surface area contributed by atoms with Crippen LogP contribution in [0.15, 0.2) is 59.8 Å². The fourth-order valence-electron chi connectivity index (χ4n) is 3.88. The lowest BCUT2D eigenvalue weighted by Gasteiger charge is -2.35. The van der Waals surface area contributed by atoms with Crippen molar-refractivity contribution >= 4 is 23.6 Å². The van der Waals surface area contributed by atoms with Gasteiger partial charge < -0.3 is 24.8 Å². The largest absolute Gasteiger partial charge is 0.497 e. The summed E-state index contributed by atoms with van der Waals surface area (Å²) in [6.45, 7) is 4.69. The minimum absolute atomic E-state index is 0.109. The summed E-state index contributed by atoms with van der Waals surface area (Å²) in [5, 5.41) is 5.79. The molecule has 1 heterocycles. The number of methoxy groups -OCH3 is 2. The molecule has 3 rings (SSSR count). The van der Waals surface area contributed by atoms with E-state index in [9.17, 15) is 14.4 Å². The molecule has 0 saturated heterocycles. The highest BCUT2D eigenvalue weighted by molar-refractivity contribution is 6.04. The zero-order valence-corrected chi connectivity index (χ0v) is 21.1. The Morgan fingerprint density at radius 2 is 1.72 bits per heavy atom. The predicted octanol–water partition coefficient (Wildman–Crippen LogP) is 4.28. The monoisotopic (exact) mass is 495 g/mol. The summed E-state index contributed by atoms with van der Waals surface area (Å²) < 4.78 is 15.5. The number of anilines is 1. The maximum absolute atomic E-state index is 13.0. The Morgan fingerprint density at radius 1 is 1.03 bits per heavy atom. The average Bonchev–Trinajstić information content (AvgIpc) is 2.88. The molecule has 0 radical (unpaired) electrons. The number of allylic oxidation sites excluding steroid dienone is 1. The van der Waals surface area contributed by atoms with Crippen molar-refractivity contribution in [3.05, 3.63) is 70.9 Å². The van der Waals surface area contributed by atoms with Crippen LogP contribution in [0.2, 0.25) is 0 Å². The number of unbranched alkanes of at least 4 members (excludes halogenated alkanes) is 1. The number of carbonyl (C=O) groups is 3. The van der Waals surface area contributed by atoms with Gasteiger partial charge in [-0.15, -0.1) is 0 Å². The van der Waals surface area contributed by atoms with Crippen molar-refractivity contribution in [3.63, 3.8) is 0 Å². The van der Waals surface area contributed by atoms with Gasteiger partial charge in [0.2, 0.25) is 0 Å². The standard InChI is InChI=1S/C27H33N3O6/c1-5-6-15-30-18(2)23(26(32)36-17-16-34-3)24(29-27(30)33)19-7-11-21(12-8-19)28-25(31)20-9-13-22(35-4)14-10-20/h7-14,24H,5-6,15-17H2,1-4H3,(H,28,31)(H,29,33)/t24-/m0/s1. The number of urea groups is 1. The molecule has 36 heavy (non-hydrogen) atoms. The van der Waals surface area contributed by atoms with Crippen molar-refractivity contribution in [3.8, 4) is 5.75 Å². The Bertz CT molecular complexity index is 1100. The second-order valence-electron chi connectivity index (χ2n) is 8.32. The summed E-state index contributed by atoms with van der Waals surface area (Å²) in [6.07, 6.45) is 1.72. The Morgan fingerprint density at radius 3 is 2.33 bits per heavy atom. The second-order valence-corrected chi connectivity index (χ2v) is 8.32. The first-order valence-electron chi connectivity index (χ1n) is 11.9. The normalized spacial score (nSPS) is 15.4. The molecule has 1 aliphatic rings. The highest BCUT2D eigenvalue weighted by Crippen LogP contribution is 2.32. The van der Waals surface area contributed by atoms with Crippen molar-refractivity contribution in [2.75, 3.05) is 39.3 Å². The van der Waals surface area contributed by atoms with Crippen LogP contribution in [-0.2, 0) is 14.3 Å². The number of nitrogens with zero attached hydrogens (tertiary/aromatic N) is 1. The number of esters is 1. The van der Waals surface area contributed by atoms with Gasteiger partial charge in [0.25, 0.3) is 5.91 Å². The van der Waals surface area contributed by atoms with Crippen molar-refractivity contribution in [1.82, 2.24) is 10.2 Å². The number of rotatable bonds is 11. The van der Waals surface area contributed by atoms with Crippen LogP contribution >= 0.6 is 0 Å². The molecule has 0 spiro atoms. The minimum atomic E-state index is -0.684. The minimum Gasteiger partial charge on any atom is -0.497 e. The van der Waals surface area contributed by atoms with Crippen LogP contribution in [0.3, 0.4) is 0 Å². The first-order chi connectivity index (χ1) is 17.4. The van der Waals surface area contributed by atoms with Crippen molar-refractivity contribution in [1.29, 1.82) is 0 Å². The number of hydrogen-bond donors (Lipinski definition) is 2. The van der Waals surface area contributed by atoms with Crippen molar-refractivity contribution < 1.29 is 28.6 Å². The predicted molar refractivity (Wildman–Crippen MR) is 136 cm³/mol. The Kier molecular flexibility index (Phi) is 9.46. The first-order valence-corrected chi connectivity index (χ1v) is 11.9. The SMILES string of the molecule is CCCCN1C(=O)N[C@@H](c2ccc(NC(=O)c3ccc(OC)cc3)cc2)C(C(=O)OCCOC)=C1C. The quantitative estimate of drug-likeness (QED) is 0.356. The van der Waals surface area contributed by atoms with Crippen LogP contribution in [0.25, 0.3) is 0 Å². The van der Waals surface area contributed by atoms with Crippen molar-refractivity contribution in [2.45, 2.75) is 32.7 Å². The van der Waals surface area contributed by atoms with E-state index in [-0.39, 0.29) is 25.2 Å². The Balaban J connectivity index is 1.82. The lowest BCUT2D eigenvalue weighted by molar-refractivity contribution is -0.140. The maximum Gasteiger partial charge on any atom is 0.338 e. The molecule has 3 amide bonds. The molecular weight excluding hydrogens is 462 g/mol. The molecule has 0 unspecified atom stereocenters. The number of amides is 3. The molecular formula is C27H33N3O6. The molecule has 0 bridgehead atoms. The molecule has 9 nitrogen and oxygen atoms in total. The summed E-state index contributed by atoms with van der Waals surface area (Å²) in [6, 6.07) is 12.8. The van der Waals surface area contributed by atoms with Crippen LogP contribution in [0.5, 0.6) is 5.75 Å². The van der Waals surface area contributed by atoms with E-state index in [0.29, 0.717) is 40.4 Å². The van der Waals surface area contributed by atoms with Crippen LogP contribution in [0.1, 0.15) is 48.7 Å². The molecule has 0 aliphatic carbocycles. The third-order valence-corrected chi connectivity index (χ3v) is 5.93. The van der Waals surface area contributed by atoms with Gasteiger partial charge in [0.1, 0.15) is 12.4 Å². The average molecular weight is 496 g/mol. The van der Waals surface area contributed by atoms with Gasteiger partial charge in [-0.2, -0.15) is 0 Å². The number of nitrogens with one attached hydrogen (secondary N) is 2. The lowest BCUT2D eigenvalue weighted by Crippen LogP contribution is -2.48. The van der Waals surface area contributed by atoms with Crippen LogP contribution < -0.4 is 15.4 Å². The van der Waals surface area contributed by atoms with Gasteiger partial charge in [0, 0.05) is 30.6 Å². The molecule has 1 atom stereocenters. The third kappa shape index (κ3) is 6.42. The zero-order valence-electron chi connectivity index (χ0n) is 21.1. The summed E-state index contributed by atoms with van der Waals surface area (Å²) in [5.74, 6) is -0.104. The van der Waals surface area contributed by atoms with E-state index in [2.05, 4.69) is 10.6 Å². The van der Waals surface area contributed by atoms with Crippen LogP contribution in [0.4, 0.5) is 10.5 Å². The molecule has 2 aromatic rings. The number of hydrogen-bond acceptors (Lipinski definition) is 6. The highest BCUT2D eigenvalue weighted by atomic mass is 16.6. The molecule has 0 saturated carbocycles. The van der Waals surface area contributed by atoms with E-state index in [4.69, 9.17) is 14.2 Å². The molecule has 2 aromatic carbocycles. The van der Waals surface area contributed by atoms with Gasteiger partial charge in [0.15, 0.2) is 0 Å². The maximum atomic E-state index is 13.0. The van der Waals surface area contributed by atoms with E-state index >= 15 is 0 Å². The third-order valence-electron chi connectivity index (χ3n) is 5.93. The van der Waals surface area contributed by atoms with Gasteiger partial charge in [-0.05, 0) is 55.3 Å². The number of benzene rings is 2. The summed E-state index contributed by atoms with van der Waals surface area (Å²) in [7, 11) is 3.10.